The Morgan fingerprint density at radius 2 is 2.00 bits per heavy atom. The predicted molar refractivity (Wildman–Crippen MR) is 85.0 cm³/mol. The second-order valence-electron chi connectivity index (χ2n) is 6.02. The van der Waals surface area contributed by atoms with Crippen molar-refractivity contribution in [1.29, 1.82) is 0 Å². The van der Waals surface area contributed by atoms with E-state index in [9.17, 15) is 29.4 Å². The van der Waals surface area contributed by atoms with Gasteiger partial charge < -0.3 is 26.0 Å². The van der Waals surface area contributed by atoms with Gasteiger partial charge in [-0.05, 0) is 5.92 Å². The molecular formula is C14H22N2O7S. The Balaban J connectivity index is 2.96. The third-order valence-corrected chi connectivity index (χ3v) is 4.84. The van der Waals surface area contributed by atoms with Crippen molar-refractivity contribution >= 4 is 34.7 Å². The van der Waals surface area contributed by atoms with Gasteiger partial charge in [-0.3, -0.25) is 14.4 Å². The van der Waals surface area contributed by atoms with Crippen molar-refractivity contribution in [2.75, 3.05) is 5.75 Å². The van der Waals surface area contributed by atoms with E-state index in [0.29, 0.717) is 11.8 Å². The molecule has 24 heavy (non-hydrogen) atoms. The molecule has 4 atom stereocenters. The summed E-state index contributed by atoms with van der Waals surface area (Å²) in [6.07, 6.45) is -3.10. The first kappa shape index (κ1) is 20.4. The smallest absolute Gasteiger partial charge is 0.327 e. The van der Waals surface area contributed by atoms with Crippen molar-refractivity contribution in [2.45, 2.75) is 51.0 Å². The van der Waals surface area contributed by atoms with Gasteiger partial charge in [0.05, 0.1) is 18.6 Å². The lowest BCUT2D eigenvalue weighted by Gasteiger charge is -2.37. The van der Waals surface area contributed by atoms with E-state index in [-0.39, 0.29) is 12.2 Å². The van der Waals surface area contributed by atoms with Crippen LogP contribution in [-0.2, 0) is 19.2 Å². The number of hydrogen-bond donors (Lipinski definition) is 5. The molecule has 5 N–H and O–H groups in total. The number of aliphatic hydroxyl groups is 2. The van der Waals surface area contributed by atoms with E-state index in [1.54, 1.807) is 13.8 Å². The minimum atomic E-state index is -1.89. The number of aliphatic carboxylic acids is 1. The van der Waals surface area contributed by atoms with Gasteiger partial charge in [-0.2, -0.15) is 0 Å². The van der Waals surface area contributed by atoms with Gasteiger partial charge in [0.1, 0.15) is 6.04 Å². The molecule has 1 saturated heterocycles. The first-order valence-electron chi connectivity index (χ1n) is 7.36. The van der Waals surface area contributed by atoms with E-state index in [1.165, 1.54) is 0 Å². The van der Waals surface area contributed by atoms with Gasteiger partial charge in [-0.25, -0.2) is 4.79 Å². The zero-order valence-electron chi connectivity index (χ0n) is 13.6. The summed E-state index contributed by atoms with van der Waals surface area (Å²) >= 11 is 0.533. The Labute approximate surface area is 143 Å². The molecule has 1 fully saturated rings. The summed E-state index contributed by atoms with van der Waals surface area (Å²) in [4.78, 5) is 46.3. The number of amides is 2. The molecule has 0 aliphatic carbocycles. The Hall–Kier alpha value is -1.65. The molecule has 9 nitrogen and oxygen atoms in total. The number of carbonyl (C=O) groups is 4. The van der Waals surface area contributed by atoms with Gasteiger partial charge in [0, 0.05) is 12.7 Å². The van der Waals surface area contributed by atoms with Crippen LogP contribution in [0.25, 0.3) is 0 Å². The summed E-state index contributed by atoms with van der Waals surface area (Å²) in [7, 11) is 0. The molecule has 2 amide bonds. The monoisotopic (exact) mass is 362 g/mol. The van der Waals surface area contributed by atoms with Crippen molar-refractivity contribution < 1.29 is 34.5 Å². The Bertz CT molecular complexity index is 539. The van der Waals surface area contributed by atoms with Crippen molar-refractivity contribution in [3.63, 3.8) is 0 Å². The van der Waals surface area contributed by atoms with Gasteiger partial charge in [0.15, 0.2) is 5.54 Å². The van der Waals surface area contributed by atoms with Crippen molar-refractivity contribution in [3.8, 4) is 0 Å². The standard InChI is InChI=1S/C14H22N2O7S/c1-6(2)11(20)14(9(18)4-10(19)16-14)13(23)24-5-8(12(21)22)15-7(3)17/h6,8-9,11,18,20H,4-5H2,1-3H3,(H,15,17)(H,16,19)(H,21,22)/t8-,9+,11+,14+/m1/s1. The zero-order chi connectivity index (χ0) is 18.7. The van der Waals surface area contributed by atoms with Crippen molar-refractivity contribution in [2.24, 2.45) is 5.92 Å². The fraction of sp³-hybridized carbons (Fsp3) is 0.714. The van der Waals surface area contributed by atoms with E-state index < -0.39 is 52.6 Å². The highest BCUT2D eigenvalue weighted by Gasteiger charge is 2.57. The molecule has 0 unspecified atom stereocenters. The van der Waals surface area contributed by atoms with Gasteiger partial charge >= 0.3 is 5.97 Å². The maximum Gasteiger partial charge on any atom is 0.327 e. The lowest BCUT2D eigenvalue weighted by Crippen LogP contribution is -2.64. The average molecular weight is 362 g/mol. The lowest BCUT2D eigenvalue weighted by atomic mass is 9.83. The van der Waals surface area contributed by atoms with E-state index in [1.807, 2.05) is 0 Å². The van der Waals surface area contributed by atoms with Crippen LogP contribution in [0.5, 0.6) is 0 Å². The molecule has 0 aromatic rings. The molecule has 1 aliphatic heterocycles. The molecule has 10 heteroatoms. The minimum absolute atomic E-state index is 0.303. The van der Waals surface area contributed by atoms with Crippen LogP contribution in [0.1, 0.15) is 27.2 Å². The highest BCUT2D eigenvalue weighted by Crippen LogP contribution is 2.33. The fourth-order valence-electron chi connectivity index (χ4n) is 2.50. The Kier molecular flexibility index (Phi) is 6.76. The number of hydrogen-bond acceptors (Lipinski definition) is 7. The summed E-state index contributed by atoms with van der Waals surface area (Å²) in [5.74, 6) is -3.20. The van der Waals surface area contributed by atoms with Crippen LogP contribution in [0.4, 0.5) is 0 Å². The van der Waals surface area contributed by atoms with Crippen LogP contribution < -0.4 is 10.6 Å². The molecule has 0 aromatic heterocycles. The van der Waals surface area contributed by atoms with Gasteiger partial charge in [-0.1, -0.05) is 25.6 Å². The topological polar surface area (TPSA) is 153 Å². The number of carbonyl (C=O) groups excluding carboxylic acids is 3. The number of thioether (sulfide) groups is 1. The lowest BCUT2D eigenvalue weighted by molar-refractivity contribution is -0.140. The van der Waals surface area contributed by atoms with Crippen LogP contribution in [-0.4, -0.2) is 67.8 Å². The van der Waals surface area contributed by atoms with Crippen LogP contribution in [0, 0.1) is 5.92 Å². The Morgan fingerprint density at radius 1 is 1.42 bits per heavy atom. The number of carboxylic acids is 1. The maximum absolute atomic E-state index is 12.6. The molecule has 1 rings (SSSR count). The molecule has 1 heterocycles. The molecule has 0 spiro atoms. The van der Waals surface area contributed by atoms with Crippen molar-refractivity contribution in [3.05, 3.63) is 0 Å². The first-order chi connectivity index (χ1) is 11.0. The third kappa shape index (κ3) is 4.25. The molecule has 0 radical (unpaired) electrons. The molecule has 136 valence electrons. The van der Waals surface area contributed by atoms with E-state index in [4.69, 9.17) is 5.11 Å². The first-order valence-corrected chi connectivity index (χ1v) is 8.35. The zero-order valence-corrected chi connectivity index (χ0v) is 14.4. The SMILES string of the molecule is CC(=O)N[C@H](CSC(=O)[C@]1([C@@H](O)C(C)C)NC(=O)C[C@@H]1O)C(=O)O. The summed E-state index contributed by atoms with van der Waals surface area (Å²) < 4.78 is 0. The Morgan fingerprint density at radius 3 is 2.38 bits per heavy atom. The highest BCUT2D eigenvalue weighted by molar-refractivity contribution is 8.13. The van der Waals surface area contributed by atoms with E-state index in [0.717, 1.165) is 6.92 Å². The maximum atomic E-state index is 12.6. The van der Waals surface area contributed by atoms with Crippen LogP contribution in [0.2, 0.25) is 0 Å². The largest absolute Gasteiger partial charge is 0.480 e. The number of rotatable bonds is 7. The van der Waals surface area contributed by atoms with Crippen LogP contribution in [0.3, 0.4) is 0 Å². The van der Waals surface area contributed by atoms with Crippen LogP contribution >= 0.6 is 11.8 Å². The molecule has 0 saturated carbocycles. The second-order valence-corrected chi connectivity index (χ2v) is 7.01. The number of carboxylic acid groups (broad SMARTS) is 1. The summed E-state index contributed by atoms with van der Waals surface area (Å²) in [5, 5.41) is 33.3. The summed E-state index contributed by atoms with van der Waals surface area (Å²) in [5.41, 5.74) is -1.89. The summed E-state index contributed by atoms with van der Waals surface area (Å²) in [6.45, 7) is 4.39. The molecule has 0 bridgehead atoms. The number of nitrogens with one attached hydrogen (secondary N) is 2. The van der Waals surface area contributed by atoms with Crippen molar-refractivity contribution in [1.82, 2.24) is 10.6 Å². The molecule has 1 aliphatic rings. The van der Waals surface area contributed by atoms with Gasteiger partial charge in [-0.15, -0.1) is 0 Å². The normalized spacial score (nSPS) is 25.9. The third-order valence-electron chi connectivity index (χ3n) is 3.74. The molecule has 0 aromatic carbocycles. The van der Waals surface area contributed by atoms with E-state index >= 15 is 0 Å². The van der Waals surface area contributed by atoms with Crippen LogP contribution in [0.15, 0.2) is 0 Å². The predicted octanol–water partition coefficient (Wildman–Crippen LogP) is -1.53. The number of aliphatic hydroxyl groups excluding tert-OH is 2. The average Bonchev–Trinajstić information content (AvgIpc) is 2.77. The quantitative estimate of drug-likeness (QED) is 0.366. The van der Waals surface area contributed by atoms with Gasteiger partial charge in [0.2, 0.25) is 16.9 Å². The van der Waals surface area contributed by atoms with Gasteiger partial charge in [0.25, 0.3) is 0 Å². The van der Waals surface area contributed by atoms with E-state index in [2.05, 4.69) is 10.6 Å². The summed E-state index contributed by atoms with van der Waals surface area (Å²) in [6, 6.07) is -1.31. The second kappa shape index (κ2) is 7.95. The fourth-order valence-corrected chi connectivity index (χ4v) is 3.60. The minimum Gasteiger partial charge on any atom is -0.480 e. The highest BCUT2D eigenvalue weighted by atomic mass is 32.2. The molecular weight excluding hydrogens is 340 g/mol.